The minimum absolute atomic E-state index is 0.0857. The third kappa shape index (κ3) is 3.64. The predicted molar refractivity (Wildman–Crippen MR) is 74.8 cm³/mol. The first kappa shape index (κ1) is 15.1. The summed E-state index contributed by atoms with van der Waals surface area (Å²) < 4.78 is 27.0. The number of carbonyl (C=O) groups excluding carboxylic acids is 1. The number of aliphatic hydroxyl groups is 1. The van der Waals surface area contributed by atoms with Crippen molar-refractivity contribution < 1.29 is 18.7 Å². The van der Waals surface area contributed by atoms with Crippen molar-refractivity contribution in [3.8, 4) is 0 Å². The van der Waals surface area contributed by atoms with Crippen LogP contribution in [0.3, 0.4) is 0 Å². The molecule has 0 radical (unpaired) electrons. The summed E-state index contributed by atoms with van der Waals surface area (Å²) in [6.45, 7) is 1.54. The number of amides is 1. The molecule has 0 spiro atoms. The first-order valence-electron chi connectivity index (χ1n) is 6.46. The van der Waals surface area contributed by atoms with Crippen LogP contribution < -0.4 is 5.32 Å². The topological polar surface area (TPSA) is 49.3 Å². The molecular formula is C16H15F2NO2. The van der Waals surface area contributed by atoms with Crippen LogP contribution in [0, 0.1) is 18.6 Å². The van der Waals surface area contributed by atoms with Crippen molar-refractivity contribution in [2.75, 3.05) is 6.54 Å². The van der Waals surface area contributed by atoms with Crippen LogP contribution >= 0.6 is 0 Å². The van der Waals surface area contributed by atoms with E-state index in [0.29, 0.717) is 0 Å². The van der Waals surface area contributed by atoms with Crippen LogP contribution in [-0.2, 0) is 0 Å². The molecule has 1 amide bonds. The first-order chi connectivity index (χ1) is 9.99. The van der Waals surface area contributed by atoms with E-state index < -0.39 is 23.6 Å². The Morgan fingerprint density at radius 1 is 1.19 bits per heavy atom. The average molecular weight is 291 g/mol. The van der Waals surface area contributed by atoms with Crippen LogP contribution in [0.5, 0.6) is 0 Å². The number of aliphatic hydroxyl groups excluding tert-OH is 1. The second-order valence-corrected chi connectivity index (χ2v) is 4.73. The van der Waals surface area contributed by atoms with E-state index in [1.54, 1.807) is 19.1 Å². The SMILES string of the molecule is Cc1ccc(F)c(C(=O)NCC(O)c2ccccc2F)c1. The summed E-state index contributed by atoms with van der Waals surface area (Å²) >= 11 is 0. The fourth-order valence-electron chi connectivity index (χ4n) is 1.95. The molecule has 3 nitrogen and oxygen atoms in total. The van der Waals surface area contributed by atoms with Crippen molar-refractivity contribution in [1.29, 1.82) is 0 Å². The van der Waals surface area contributed by atoms with Gasteiger partial charge in [-0.2, -0.15) is 0 Å². The Balaban J connectivity index is 2.04. The molecule has 110 valence electrons. The third-order valence-corrected chi connectivity index (χ3v) is 3.09. The zero-order valence-corrected chi connectivity index (χ0v) is 11.4. The molecule has 0 aliphatic carbocycles. The van der Waals surface area contributed by atoms with Crippen LogP contribution in [0.25, 0.3) is 0 Å². The molecule has 0 aliphatic rings. The molecule has 0 aliphatic heterocycles. The smallest absolute Gasteiger partial charge is 0.254 e. The van der Waals surface area contributed by atoms with Gasteiger partial charge in [0.25, 0.3) is 5.91 Å². The maximum absolute atomic E-state index is 13.5. The van der Waals surface area contributed by atoms with Crippen LogP contribution in [0.15, 0.2) is 42.5 Å². The molecule has 2 aromatic rings. The molecule has 21 heavy (non-hydrogen) atoms. The van der Waals surface area contributed by atoms with Crippen molar-refractivity contribution >= 4 is 5.91 Å². The molecule has 0 aromatic heterocycles. The van der Waals surface area contributed by atoms with Crippen LogP contribution in [-0.4, -0.2) is 17.6 Å². The van der Waals surface area contributed by atoms with E-state index in [9.17, 15) is 18.7 Å². The number of hydrogen-bond donors (Lipinski definition) is 2. The van der Waals surface area contributed by atoms with Gasteiger partial charge in [-0.3, -0.25) is 4.79 Å². The van der Waals surface area contributed by atoms with Crippen molar-refractivity contribution in [3.63, 3.8) is 0 Å². The highest BCUT2D eigenvalue weighted by Gasteiger charge is 2.16. The Morgan fingerprint density at radius 3 is 2.62 bits per heavy atom. The Morgan fingerprint density at radius 2 is 1.90 bits per heavy atom. The molecule has 0 saturated carbocycles. The number of benzene rings is 2. The molecule has 2 aromatic carbocycles. The molecular weight excluding hydrogens is 276 g/mol. The van der Waals surface area contributed by atoms with Crippen molar-refractivity contribution in [2.24, 2.45) is 0 Å². The third-order valence-electron chi connectivity index (χ3n) is 3.09. The van der Waals surface area contributed by atoms with Gasteiger partial charge < -0.3 is 10.4 Å². The fraction of sp³-hybridized carbons (Fsp3) is 0.188. The second-order valence-electron chi connectivity index (χ2n) is 4.73. The van der Waals surface area contributed by atoms with Crippen molar-refractivity contribution in [2.45, 2.75) is 13.0 Å². The summed E-state index contributed by atoms with van der Waals surface area (Å²) in [4.78, 5) is 11.9. The Labute approximate surface area is 121 Å². The monoisotopic (exact) mass is 291 g/mol. The largest absolute Gasteiger partial charge is 0.386 e. The second kappa shape index (κ2) is 6.45. The fourth-order valence-corrected chi connectivity index (χ4v) is 1.95. The van der Waals surface area contributed by atoms with Crippen LogP contribution in [0.4, 0.5) is 8.78 Å². The first-order valence-corrected chi connectivity index (χ1v) is 6.46. The van der Waals surface area contributed by atoms with Gasteiger partial charge in [-0.25, -0.2) is 8.78 Å². The van der Waals surface area contributed by atoms with E-state index in [0.717, 1.165) is 5.56 Å². The molecule has 0 bridgehead atoms. The summed E-state index contributed by atoms with van der Waals surface area (Å²) in [6, 6.07) is 9.92. The normalized spacial score (nSPS) is 12.0. The number of hydrogen-bond acceptors (Lipinski definition) is 2. The Bertz CT molecular complexity index is 658. The lowest BCUT2D eigenvalue weighted by molar-refractivity contribution is 0.0910. The minimum Gasteiger partial charge on any atom is -0.386 e. The maximum atomic E-state index is 13.5. The maximum Gasteiger partial charge on any atom is 0.254 e. The molecule has 1 atom stereocenters. The quantitative estimate of drug-likeness (QED) is 0.910. The highest BCUT2D eigenvalue weighted by atomic mass is 19.1. The van der Waals surface area contributed by atoms with Crippen molar-refractivity contribution in [3.05, 3.63) is 70.8 Å². The van der Waals surface area contributed by atoms with Gasteiger partial charge in [-0.1, -0.05) is 29.8 Å². The van der Waals surface area contributed by atoms with Gasteiger partial charge in [0.1, 0.15) is 11.6 Å². The van der Waals surface area contributed by atoms with Gasteiger partial charge in [-0.15, -0.1) is 0 Å². The van der Waals surface area contributed by atoms with E-state index in [1.807, 2.05) is 0 Å². The number of rotatable bonds is 4. The number of halogens is 2. The van der Waals surface area contributed by atoms with Gasteiger partial charge in [0.2, 0.25) is 0 Å². The highest BCUT2D eigenvalue weighted by molar-refractivity contribution is 5.94. The standard InChI is InChI=1S/C16H15F2NO2/c1-10-6-7-14(18)12(8-10)16(21)19-9-15(20)11-4-2-3-5-13(11)17/h2-8,15,20H,9H2,1H3,(H,19,21). The zero-order valence-electron chi connectivity index (χ0n) is 11.4. The van der Waals surface area contributed by atoms with Gasteiger partial charge in [0.15, 0.2) is 0 Å². The van der Waals surface area contributed by atoms with E-state index >= 15 is 0 Å². The van der Waals surface area contributed by atoms with Gasteiger partial charge in [-0.05, 0) is 25.1 Å². The number of carbonyl (C=O) groups is 1. The molecule has 0 heterocycles. The molecule has 1 unspecified atom stereocenters. The molecule has 2 rings (SSSR count). The van der Waals surface area contributed by atoms with E-state index in [4.69, 9.17) is 0 Å². The van der Waals surface area contributed by atoms with Gasteiger partial charge in [0, 0.05) is 12.1 Å². The highest BCUT2D eigenvalue weighted by Crippen LogP contribution is 2.16. The summed E-state index contributed by atoms with van der Waals surface area (Å²) in [5.74, 6) is -1.84. The lowest BCUT2D eigenvalue weighted by Crippen LogP contribution is -2.29. The summed E-state index contributed by atoms with van der Waals surface area (Å²) in [5, 5.41) is 12.3. The molecule has 0 fully saturated rings. The average Bonchev–Trinajstić information content (AvgIpc) is 2.47. The Kier molecular flexibility index (Phi) is 4.65. The lowest BCUT2D eigenvalue weighted by atomic mass is 10.1. The van der Waals surface area contributed by atoms with E-state index in [1.165, 1.54) is 30.3 Å². The van der Waals surface area contributed by atoms with Gasteiger partial charge in [0.05, 0.1) is 11.7 Å². The molecule has 0 saturated heterocycles. The number of aryl methyl sites for hydroxylation is 1. The lowest BCUT2D eigenvalue weighted by Gasteiger charge is -2.13. The molecule has 2 N–H and O–H groups in total. The predicted octanol–water partition coefficient (Wildman–Crippen LogP) is 2.74. The van der Waals surface area contributed by atoms with Crippen molar-refractivity contribution in [1.82, 2.24) is 5.32 Å². The Hall–Kier alpha value is -2.27. The summed E-state index contributed by atoms with van der Waals surface area (Å²) in [6.07, 6.45) is -1.19. The van der Waals surface area contributed by atoms with E-state index in [2.05, 4.69) is 5.32 Å². The number of nitrogens with one attached hydrogen (secondary N) is 1. The zero-order chi connectivity index (χ0) is 15.4. The summed E-state index contributed by atoms with van der Waals surface area (Å²) in [7, 11) is 0. The van der Waals surface area contributed by atoms with E-state index in [-0.39, 0.29) is 17.7 Å². The molecule has 5 heteroatoms. The van der Waals surface area contributed by atoms with Crippen LogP contribution in [0.2, 0.25) is 0 Å². The van der Waals surface area contributed by atoms with Gasteiger partial charge >= 0.3 is 0 Å². The minimum atomic E-state index is -1.19. The van der Waals surface area contributed by atoms with Crippen LogP contribution in [0.1, 0.15) is 27.6 Å². The summed E-state index contributed by atoms with van der Waals surface area (Å²) in [5.41, 5.74) is 0.731.